The van der Waals surface area contributed by atoms with Crippen LogP contribution in [0.25, 0.3) is 0 Å². The van der Waals surface area contributed by atoms with Crippen LogP contribution in [0, 0.1) is 6.92 Å². The van der Waals surface area contributed by atoms with E-state index in [-0.39, 0.29) is 18.1 Å². The van der Waals surface area contributed by atoms with E-state index in [1.54, 1.807) is 0 Å². The summed E-state index contributed by atoms with van der Waals surface area (Å²) >= 11 is 0. The van der Waals surface area contributed by atoms with Crippen LogP contribution in [0.1, 0.15) is 48.0 Å². The first kappa shape index (κ1) is 15.5. The van der Waals surface area contributed by atoms with Crippen molar-refractivity contribution in [2.45, 2.75) is 45.4 Å². The van der Waals surface area contributed by atoms with Gasteiger partial charge < -0.3 is 14.2 Å². The number of amides is 1. The van der Waals surface area contributed by atoms with Gasteiger partial charge in [-0.25, -0.2) is 0 Å². The largest absolute Gasteiger partial charge is 0.373 e. The molecular weight excluding hydrogens is 300 g/mol. The first-order chi connectivity index (χ1) is 11.6. The third-order valence-corrected chi connectivity index (χ3v) is 5.47. The number of rotatable bonds is 2. The molecule has 0 saturated heterocycles. The molecule has 4 nitrogen and oxygen atoms in total. The minimum absolute atomic E-state index is 0.106. The zero-order chi connectivity index (χ0) is 16.7. The van der Waals surface area contributed by atoms with Gasteiger partial charge in [0.25, 0.3) is 0 Å². The van der Waals surface area contributed by atoms with Gasteiger partial charge in [0, 0.05) is 24.5 Å². The monoisotopic (exact) mass is 324 g/mol. The second-order valence-corrected chi connectivity index (χ2v) is 6.83. The van der Waals surface area contributed by atoms with Crippen molar-refractivity contribution >= 4 is 5.91 Å². The summed E-state index contributed by atoms with van der Waals surface area (Å²) in [4.78, 5) is 14.9. The maximum absolute atomic E-state index is 12.9. The van der Waals surface area contributed by atoms with Gasteiger partial charge in [-0.15, -0.1) is 0 Å². The number of hydrogen-bond acceptors (Lipinski definition) is 2. The van der Waals surface area contributed by atoms with Crippen molar-refractivity contribution in [2.75, 3.05) is 13.2 Å². The molecule has 0 unspecified atom stereocenters. The molecular formula is C20H24N2O2. The maximum atomic E-state index is 12.9. The zero-order valence-electron chi connectivity index (χ0n) is 14.4. The number of hydrogen-bond donors (Lipinski definition) is 0. The SMILES string of the molecule is Cc1ccc2n1CCN(C(=O)C[C@H]1OCCc3ccccc31)[C@@H]2C. The summed E-state index contributed by atoms with van der Waals surface area (Å²) in [6, 6.07) is 12.7. The molecule has 0 spiro atoms. The van der Waals surface area contributed by atoms with Gasteiger partial charge in [-0.3, -0.25) is 4.79 Å². The average Bonchev–Trinajstić information content (AvgIpc) is 2.97. The predicted molar refractivity (Wildman–Crippen MR) is 92.8 cm³/mol. The van der Waals surface area contributed by atoms with Crippen LogP contribution in [0.5, 0.6) is 0 Å². The van der Waals surface area contributed by atoms with E-state index in [9.17, 15) is 4.79 Å². The second kappa shape index (κ2) is 6.10. The van der Waals surface area contributed by atoms with Gasteiger partial charge in [0.15, 0.2) is 0 Å². The average molecular weight is 324 g/mol. The molecule has 0 aliphatic carbocycles. The molecule has 4 heteroatoms. The van der Waals surface area contributed by atoms with Crippen LogP contribution < -0.4 is 0 Å². The maximum Gasteiger partial charge on any atom is 0.226 e. The normalized spacial score (nSPS) is 22.8. The minimum Gasteiger partial charge on any atom is -0.373 e. The third kappa shape index (κ3) is 2.55. The molecule has 1 aromatic carbocycles. The van der Waals surface area contributed by atoms with E-state index in [1.807, 2.05) is 11.0 Å². The molecule has 1 amide bonds. The number of carbonyl (C=O) groups excluding carboxylic acids is 1. The lowest BCUT2D eigenvalue weighted by Gasteiger charge is -2.37. The quantitative estimate of drug-likeness (QED) is 0.848. The summed E-state index contributed by atoms with van der Waals surface area (Å²) in [6.07, 6.45) is 1.26. The summed E-state index contributed by atoms with van der Waals surface area (Å²) in [7, 11) is 0. The summed E-state index contributed by atoms with van der Waals surface area (Å²) in [5, 5.41) is 0. The van der Waals surface area contributed by atoms with E-state index < -0.39 is 0 Å². The highest BCUT2D eigenvalue weighted by Gasteiger charge is 2.31. The Balaban J connectivity index is 1.52. The highest BCUT2D eigenvalue weighted by Crippen LogP contribution is 2.33. The van der Waals surface area contributed by atoms with Gasteiger partial charge in [0.1, 0.15) is 0 Å². The van der Waals surface area contributed by atoms with Crippen LogP contribution in [-0.4, -0.2) is 28.5 Å². The van der Waals surface area contributed by atoms with Crippen molar-refractivity contribution in [2.24, 2.45) is 0 Å². The highest BCUT2D eigenvalue weighted by atomic mass is 16.5. The Labute approximate surface area is 143 Å². The Kier molecular flexibility index (Phi) is 3.93. The molecule has 3 heterocycles. The lowest BCUT2D eigenvalue weighted by molar-refractivity contribution is -0.138. The standard InChI is InChI=1S/C20H24N2O2/c1-14-7-8-18-15(2)22(11-10-21(14)18)20(23)13-19-17-6-4-3-5-16(17)9-12-24-19/h3-8,15,19H,9-13H2,1-2H3/t15-,19-/m1/s1. The second-order valence-electron chi connectivity index (χ2n) is 6.83. The number of nitrogens with zero attached hydrogens (tertiary/aromatic N) is 2. The van der Waals surface area contributed by atoms with Gasteiger partial charge >= 0.3 is 0 Å². The molecule has 4 rings (SSSR count). The minimum atomic E-state index is -0.106. The van der Waals surface area contributed by atoms with Gasteiger partial charge in [-0.05, 0) is 43.5 Å². The number of fused-ring (bicyclic) bond motifs is 2. The van der Waals surface area contributed by atoms with Crippen molar-refractivity contribution < 1.29 is 9.53 Å². The topological polar surface area (TPSA) is 34.5 Å². The Morgan fingerprint density at radius 1 is 1.21 bits per heavy atom. The number of aryl methyl sites for hydroxylation is 1. The number of benzene rings is 1. The van der Waals surface area contributed by atoms with Crippen molar-refractivity contribution in [3.05, 3.63) is 58.9 Å². The Bertz CT molecular complexity index is 765. The molecule has 0 radical (unpaired) electrons. The van der Waals surface area contributed by atoms with Gasteiger partial charge in [0.2, 0.25) is 5.91 Å². The van der Waals surface area contributed by atoms with Crippen molar-refractivity contribution in [3.8, 4) is 0 Å². The fraction of sp³-hybridized carbons (Fsp3) is 0.450. The van der Waals surface area contributed by atoms with Crippen LogP contribution in [0.2, 0.25) is 0 Å². The van der Waals surface area contributed by atoms with E-state index in [0.29, 0.717) is 13.0 Å². The predicted octanol–water partition coefficient (Wildman–Crippen LogP) is 3.40. The smallest absolute Gasteiger partial charge is 0.226 e. The van der Waals surface area contributed by atoms with Crippen molar-refractivity contribution in [1.82, 2.24) is 9.47 Å². The molecule has 0 fully saturated rings. The van der Waals surface area contributed by atoms with E-state index in [2.05, 4.69) is 48.7 Å². The summed E-state index contributed by atoms with van der Waals surface area (Å²) in [5.41, 5.74) is 5.00. The fourth-order valence-electron chi connectivity index (χ4n) is 4.08. The molecule has 2 aliphatic rings. The van der Waals surface area contributed by atoms with Crippen LogP contribution in [-0.2, 0) is 22.5 Å². The van der Waals surface area contributed by atoms with Gasteiger partial charge in [0.05, 0.1) is 25.2 Å². The lowest BCUT2D eigenvalue weighted by atomic mass is 9.95. The first-order valence-corrected chi connectivity index (χ1v) is 8.80. The molecule has 24 heavy (non-hydrogen) atoms. The number of aromatic nitrogens is 1. The summed E-state index contributed by atoms with van der Waals surface area (Å²) in [5.74, 6) is 0.189. The molecule has 2 aromatic rings. The van der Waals surface area contributed by atoms with E-state index in [1.165, 1.54) is 22.5 Å². The Morgan fingerprint density at radius 3 is 2.92 bits per heavy atom. The lowest BCUT2D eigenvalue weighted by Crippen LogP contribution is -2.41. The number of carbonyl (C=O) groups is 1. The highest BCUT2D eigenvalue weighted by molar-refractivity contribution is 5.77. The Hall–Kier alpha value is -2.07. The van der Waals surface area contributed by atoms with E-state index in [4.69, 9.17) is 4.74 Å². The molecule has 126 valence electrons. The van der Waals surface area contributed by atoms with Crippen LogP contribution >= 0.6 is 0 Å². The van der Waals surface area contributed by atoms with Gasteiger partial charge in [-0.1, -0.05) is 24.3 Å². The van der Waals surface area contributed by atoms with Crippen molar-refractivity contribution in [3.63, 3.8) is 0 Å². The molecule has 0 saturated carbocycles. The van der Waals surface area contributed by atoms with Crippen LogP contribution in [0.4, 0.5) is 0 Å². The molecule has 0 N–H and O–H groups in total. The molecule has 2 atom stereocenters. The third-order valence-electron chi connectivity index (χ3n) is 5.47. The van der Waals surface area contributed by atoms with E-state index >= 15 is 0 Å². The summed E-state index contributed by atoms with van der Waals surface area (Å²) in [6.45, 7) is 6.61. The number of ether oxygens (including phenoxy) is 1. The fourth-order valence-corrected chi connectivity index (χ4v) is 4.08. The molecule has 0 bridgehead atoms. The van der Waals surface area contributed by atoms with Crippen LogP contribution in [0.3, 0.4) is 0 Å². The Morgan fingerprint density at radius 2 is 2.04 bits per heavy atom. The van der Waals surface area contributed by atoms with E-state index in [0.717, 1.165) is 19.5 Å². The zero-order valence-corrected chi connectivity index (χ0v) is 14.4. The van der Waals surface area contributed by atoms with Crippen LogP contribution in [0.15, 0.2) is 36.4 Å². The molecule has 1 aromatic heterocycles. The van der Waals surface area contributed by atoms with Crippen molar-refractivity contribution in [1.29, 1.82) is 0 Å². The first-order valence-electron chi connectivity index (χ1n) is 8.80. The molecule has 2 aliphatic heterocycles. The summed E-state index contributed by atoms with van der Waals surface area (Å²) < 4.78 is 8.24. The van der Waals surface area contributed by atoms with Gasteiger partial charge in [-0.2, -0.15) is 0 Å².